The van der Waals surface area contributed by atoms with Gasteiger partial charge >= 0.3 is 0 Å². The molecule has 1 amide bonds. The number of Topliss-reactive ketones (excluding diaryl/α,β-unsaturated/α-hetero) is 2. The van der Waals surface area contributed by atoms with E-state index in [1.54, 1.807) is 36.4 Å². The number of benzene rings is 4. The minimum atomic E-state index is -1.33. The van der Waals surface area contributed by atoms with E-state index in [1.807, 2.05) is 84.6 Å². The first kappa shape index (κ1) is 24.6. The summed E-state index contributed by atoms with van der Waals surface area (Å²) >= 11 is 6.17. The van der Waals surface area contributed by atoms with Gasteiger partial charge < -0.3 is 10.2 Å². The van der Waals surface area contributed by atoms with Gasteiger partial charge in [0.25, 0.3) is 0 Å². The normalized spacial score (nSPS) is 23.9. The van der Waals surface area contributed by atoms with Crippen LogP contribution in [0.25, 0.3) is 6.08 Å². The fourth-order valence-electron chi connectivity index (χ4n) is 6.84. The highest BCUT2D eigenvalue weighted by molar-refractivity contribution is 6.30. The first-order chi connectivity index (χ1) is 19.4. The number of para-hydroxylation sites is 1. The average Bonchev–Trinajstić information content (AvgIpc) is 3.45. The van der Waals surface area contributed by atoms with E-state index in [1.165, 1.54) is 0 Å². The molecule has 0 bridgehead atoms. The Balaban J connectivity index is 1.55. The molecule has 0 aromatic heterocycles. The molecule has 1 N–H and O–H groups in total. The number of halogens is 1. The molecule has 1 spiro atoms. The van der Waals surface area contributed by atoms with Crippen LogP contribution in [0.4, 0.5) is 11.4 Å². The van der Waals surface area contributed by atoms with Crippen LogP contribution >= 0.6 is 11.6 Å². The zero-order chi connectivity index (χ0) is 27.6. The Kier molecular flexibility index (Phi) is 5.55. The number of carbonyl (C=O) groups excluding carboxylic acids is 3. The van der Waals surface area contributed by atoms with Gasteiger partial charge in [0, 0.05) is 27.5 Å². The van der Waals surface area contributed by atoms with E-state index in [4.69, 9.17) is 11.6 Å². The van der Waals surface area contributed by atoms with Gasteiger partial charge in [0.05, 0.1) is 12.0 Å². The second kappa shape index (κ2) is 9.04. The number of aryl methyl sites for hydroxylation is 1. The molecule has 3 aliphatic heterocycles. The van der Waals surface area contributed by atoms with Crippen LogP contribution in [0.3, 0.4) is 0 Å². The van der Waals surface area contributed by atoms with Crippen molar-refractivity contribution in [1.29, 1.82) is 0 Å². The minimum absolute atomic E-state index is 0.199. The highest BCUT2D eigenvalue weighted by atomic mass is 35.5. The third-order valence-electron chi connectivity index (χ3n) is 8.53. The molecule has 0 radical (unpaired) electrons. The van der Waals surface area contributed by atoms with Crippen LogP contribution in [0, 0.1) is 12.8 Å². The van der Waals surface area contributed by atoms with Crippen LogP contribution in [-0.4, -0.2) is 29.6 Å². The van der Waals surface area contributed by atoms with Gasteiger partial charge in [0.15, 0.2) is 11.6 Å². The van der Waals surface area contributed by atoms with Gasteiger partial charge in [0.2, 0.25) is 5.91 Å². The number of amides is 1. The number of carbonyl (C=O) groups is 3. The third-order valence-corrected chi connectivity index (χ3v) is 8.78. The maximum Gasteiger partial charge on any atom is 0.238 e. The van der Waals surface area contributed by atoms with Gasteiger partial charge in [-0.05, 0) is 60.0 Å². The van der Waals surface area contributed by atoms with Crippen LogP contribution in [-0.2, 0) is 10.2 Å². The Morgan fingerprint density at radius 2 is 1.55 bits per heavy atom. The summed E-state index contributed by atoms with van der Waals surface area (Å²) in [6.07, 6.45) is 3.99. The van der Waals surface area contributed by atoms with Crippen molar-refractivity contribution < 1.29 is 14.4 Å². The Morgan fingerprint density at radius 3 is 2.33 bits per heavy atom. The van der Waals surface area contributed by atoms with Gasteiger partial charge in [-0.1, -0.05) is 84.4 Å². The summed E-state index contributed by atoms with van der Waals surface area (Å²) in [6.45, 7) is 2.00. The number of nitrogens with zero attached hydrogens (tertiary/aromatic N) is 1. The number of hydrogen-bond acceptors (Lipinski definition) is 4. The van der Waals surface area contributed by atoms with E-state index in [-0.39, 0.29) is 17.5 Å². The van der Waals surface area contributed by atoms with Gasteiger partial charge in [-0.25, -0.2) is 0 Å². The summed E-state index contributed by atoms with van der Waals surface area (Å²) in [4.78, 5) is 45.7. The molecule has 40 heavy (non-hydrogen) atoms. The van der Waals surface area contributed by atoms with Crippen molar-refractivity contribution in [3.05, 3.63) is 136 Å². The largest absolute Gasteiger partial charge is 0.352 e. The maximum atomic E-state index is 14.7. The molecule has 4 aromatic carbocycles. The van der Waals surface area contributed by atoms with E-state index in [9.17, 15) is 14.4 Å². The van der Waals surface area contributed by atoms with E-state index in [0.29, 0.717) is 21.8 Å². The number of anilines is 2. The molecule has 3 heterocycles. The standard InChI is InChI=1S/C34H25ClN2O3/c1-20-11-12-21-15-18-28-34(25-9-5-6-10-26(25)36-33(34)40)29(31(38)23-13-16-24(35)17-14-23)30(37(28)27(21)19-20)32(39)22-7-3-2-4-8-22/h2-19,28-30H,1H3,(H,36,40)/t28-,29+,30-,34-/m0/s1. The number of nitrogens with one attached hydrogen (secondary N) is 1. The molecule has 5 nitrogen and oxygen atoms in total. The zero-order valence-corrected chi connectivity index (χ0v) is 22.4. The van der Waals surface area contributed by atoms with Crippen LogP contribution in [0.5, 0.6) is 0 Å². The lowest BCUT2D eigenvalue weighted by Gasteiger charge is -2.37. The summed E-state index contributed by atoms with van der Waals surface area (Å²) < 4.78 is 0. The predicted octanol–water partition coefficient (Wildman–Crippen LogP) is 6.50. The van der Waals surface area contributed by atoms with Crippen LogP contribution in [0.1, 0.15) is 37.4 Å². The van der Waals surface area contributed by atoms with Crippen molar-refractivity contribution >= 4 is 46.5 Å². The molecule has 6 heteroatoms. The predicted molar refractivity (Wildman–Crippen MR) is 157 cm³/mol. The SMILES string of the molecule is Cc1ccc2c(c1)N1[C@H](C(=O)c3ccccc3)[C@H](C(=O)c3ccc(Cl)cc3)[C@@]3(C(=O)Nc4ccccc43)[C@@H]1C=C2. The Hall–Kier alpha value is -4.48. The molecule has 0 aliphatic carbocycles. The Labute approximate surface area is 237 Å². The summed E-state index contributed by atoms with van der Waals surface area (Å²) in [5, 5.41) is 3.56. The summed E-state index contributed by atoms with van der Waals surface area (Å²) in [5.41, 5.74) is 3.76. The smallest absolute Gasteiger partial charge is 0.238 e. The molecular formula is C34H25ClN2O3. The molecule has 3 aliphatic rings. The minimum Gasteiger partial charge on any atom is -0.352 e. The fourth-order valence-corrected chi connectivity index (χ4v) is 6.97. The van der Waals surface area contributed by atoms with Gasteiger partial charge in [-0.3, -0.25) is 14.4 Å². The van der Waals surface area contributed by atoms with Crippen molar-refractivity contribution in [3.63, 3.8) is 0 Å². The Morgan fingerprint density at radius 1 is 0.850 bits per heavy atom. The second-order valence-electron chi connectivity index (χ2n) is 10.7. The molecule has 4 aromatic rings. The van der Waals surface area contributed by atoms with Crippen molar-refractivity contribution in [2.24, 2.45) is 5.92 Å². The fraction of sp³-hybridized carbons (Fsp3) is 0.147. The highest BCUT2D eigenvalue weighted by Gasteiger charge is 2.70. The highest BCUT2D eigenvalue weighted by Crippen LogP contribution is 2.58. The zero-order valence-electron chi connectivity index (χ0n) is 21.7. The third kappa shape index (κ3) is 3.37. The molecule has 0 unspecified atom stereocenters. The lowest BCUT2D eigenvalue weighted by molar-refractivity contribution is -0.121. The number of ketones is 2. The molecule has 1 fully saturated rings. The number of fused-ring (bicyclic) bond motifs is 6. The molecule has 7 rings (SSSR count). The molecular weight excluding hydrogens is 520 g/mol. The maximum absolute atomic E-state index is 14.7. The molecule has 196 valence electrons. The molecule has 0 saturated carbocycles. The lowest BCUT2D eigenvalue weighted by Crippen LogP contribution is -2.51. The monoisotopic (exact) mass is 544 g/mol. The van der Waals surface area contributed by atoms with Gasteiger partial charge in [-0.2, -0.15) is 0 Å². The van der Waals surface area contributed by atoms with Crippen LogP contribution < -0.4 is 10.2 Å². The summed E-state index contributed by atoms with van der Waals surface area (Å²) in [5.74, 6) is -1.75. The van der Waals surface area contributed by atoms with E-state index in [2.05, 4.69) is 5.32 Å². The quantitative estimate of drug-likeness (QED) is 0.298. The average molecular weight is 545 g/mol. The first-order valence-electron chi connectivity index (χ1n) is 13.3. The van der Waals surface area contributed by atoms with Crippen molar-refractivity contribution in [2.45, 2.75) is 24.4 Å². The number of rotatable bonds is 4. The summed E-state index contributed by atoms with van der Waals surface area (Å²) in [7, 11) is 0. The topological polar surface area (TPSA) is 66.5 Å². The Bertz CT molecular complexity index is 1730. The van der Waals surface area contributed by atoms with Crippen molar-refractivity contribution in [2.75, 3.05) is 10.2 Å². The first-order valence-corrected chi connectivity index (χ1v) is 13.7. The van der Waals surface area contributed by atoms with Crippen LogP contribution in [0.2, 0.25) is 5.02 Å². The molecule has 4 atom stereocenters. The molecule has 1 saturated heterocycles. The summed E-state index contributed by atoms with van der Waals surface area (Å²) in [6, 6.07) is 27.8. The second-order valence-corrected chi connectivity index (χ2v) is 11.1. The van der Waals surface area contributed by atoms with Crippen molar-refractivity contribution in [1.82, 2.24) is 0 Å². The van der Waals surface area contributed by atoms with E-state index >= 15 is 0 Å². The van der Waals surface area contributed by atoms with E-state index < -0.39 is 23.4 Å². The van der Waals surface area contributed by atoms with Crippen LogP contribution in [0.15, 0.2) is 103 Å². The van der Waals surface area contributed by atoms with Gasteiger partial charge in [0.1, 0.15) is 11.5 Å². The van der Waals surface area contributed by atoms with Crippen molar-refractivity contribution in [3.8, 4) is 0 Å². The van der Waals surface area contributed by atoms with Gasteiger partial charge in [-0.15, -0.1) is 0 Å². The van der Waals surface area contributed by atoms with E-state index in [0.717, 1.165) is 22.4 Å². The lowest BCUT2D eigenvalue weighted by atomic mass is 9.64. The number of hydrogen-bond donors (Lipinski definition) is 1.